The molecule has 2 aliphatic heterocycles. The van der Waals surface area contributed by atoms with E-state index in [1.165, 1.54) is 16.9 Å². The SMILES string of the molecule is CCOc1cc(Cl)c(NC(=O)Nc2nc3ccc(CN4CCN(C)CC4)cc3s2)cc1N1CCOCC1. The van der Waals surface area contributed by atoms with Crippen LogP contribution in [0.5, 0.6) is 5.75 Å². The van der Waals surface area contributed by atoms with Crippen LogP contribution in [0, 0.1) is 0 Å². The van der Waals surface area contributed by atoms with E-state index in [4.69, 9.17) is 21.1 Å². The number of likely N-dealkylation sites (N-methyl/N-ethyl adjacent to an activating group) is 1. The Bertz CT molecular complexity index is 1240. The minimum absolute atomic E-state index is 0.393. The maximum atomic E-state index is 12.9. The van der Waals surface area contributed by atoms with Crippen molar-refractivity contribution in [3.05, 3.63) is 40.9 Å². The lowest BCUT2D eigenvalue weighted by Crippen LogP contribution is -2.43. The highest BCUT2D eigenvalue weighted by Crippen LogP contribution is 2.37. The summed E-state index contributed by atoms with van der Waals surface area (Å²) in [7, 11) is 2.16. The number of carbonyl (C=O) groups excluding carboxylic acids is 1. The molecule has 11 heteroatoms. The molecule has 198 valence electrons. The molecule has 2 aromatic carbocycles. The smallest absolute Gasteiger partial charge is 0.325 e. The van der Waals surface area contributed by atoms with Gasteiger partial charge in [0.05, 0.1) is 46.4 Å². The first-order valence-electron chi connectivity index (χ1n) is 12.7. The number of amides is 2. The van der Waals surface area contributed by atoms with Crippen LogP contribution in [0.15, 0.2) is 30.3 Å². The van der Waals surface area contributed by atoms with E-state index in [0.29, 0.717) is 41.4 Å². The van der Waals surface area contributed by atoms with Crippen LogP contribution in [-0.4, -0.2) is 87.0 Å². The van der Waals surface area contributed by atoms with Crippen LogP contribution >= 0.6 is 22.9 Å². The van der Waals surface area contributed by atoms with Gasteiger partial charge in [0, 0.05) is 51.9 Å². The van der Waals surface area contributed by atoms with E-state index in [9.17, 15) is 4.79 Å². The second-order valence-electron chi connectivity index (χ2n) is 9.31. The number of morpholine rings is 1. The lowest BCUT2D eigenvalue weighted by Gasteiger charge is -2.32. The Morgan fingerprint density at radius 1 is 1.11 bits per heavy atom. The minimum Gasteiger partial charge on any atom is -0.492 e. The molecule has 2 fully saturated rings. The maximum Gasteiger partial charge on any atom is 0.325 e. The van der Waals surface area contributed by atoms with Crippen molar-refractivity contribution in [1.29, 1.82) is 0 Å². The van der Waals surface area contributed by atoms with Gasteiger partial charge in [-0.15, -0.1) is 0 Å². The molecule has 3 aromatic rings. The molecular formula is C26H33ClN6O3S. The molecule has 2 aliphatic rings. The lowest BCUT2D eigenvalue weighted by atomic mass is 10.2. The Morgan fingerprint density at radius 3 is 2.65 bits per heavy atom. The zero-order valence-corrected chi connectivity index (χ0v) is 22.8. The molecule has 37 heavy (non-hydrogen) atoms. The van der Waals surface area contributed by atoms with Gasteiger partial charge in [0.15, 0.2) is 5.13 Å². The molecule has 0 radical (unpaired) electrons. The summed E-state index contributed by atoms with van der Waals surface area (Å²) in [4.78, 5) is 24.5. The fourth-order valence-corrected chi connectivity index (χ4v) is 5.72. The van der Waals surface area contributed by atoms with Crippen molar-refractivity contribution in [1.82, 2.24) is 14.8 Å². The van der Waals surface area contributed by atoms with Gasteiger partial charge < -0.3 is 24.6 Å². The summed E-state index contributed by atoms with van der Waals surface area (Å²) in [5, 5.41) is 6.70. The second kappa shape index (κ2) is 11.8. The van der Waals surface area contributed by atoms with Crippen molar-refractivity contribution in [2.24, 2.45) is 0 Å². The first-order valence-corrected chi connectivity index (χ1v) is 13.9. The average molecular weight is 545 g/mol. The largest absolute Gasteiger partial charge is 0.492 e. The third kappa shape index (κ3) is 6.45. The monoisotopic (exact) mass is 544 g/mol. The lowest BCUT2D eigenvalue weighted by molar-refractivity contribution is 0.122. The van der Waals surface area contributed by atoms with Gasteiger partial charge in [-0.2, -0.15) is 0 Å². The number of piperazine rings is 1. The Morgan fingerprint density at radius 2 is 1.89 bits per heavy atom. The average Bonchev–Trinajstić information content (AvgIpc) is 3.29. The van der Waals surface area contributed by atoms with Crippen LogP contribution < -0.4 is 20.3 Å². The van der Waals surface area contributed by atoms with Gasteiger partial charge in [0.2, 0.25) is 0 Å². The van der Waals surface area contributed by atoms with Crippen LogP contribution in [0.4, 0.5) is 21.3 Å². The minimum atomic E-state index is -0.393. The highest BCUT2D eigenvalue weighted by molar-refractivity contribution is 7.22. The van der Waals surface area contributed by atoms with Crippen LogP contribution in [-0.2, 0) is 11.3 Å². The fourth-order valence-electron chi connectivity index (χ4n) is 4.60. The summed E-state index contributed by atoms with van der Waals surface area (Å²) in [6, 6.07) is 9.55. The number of carbonyl (C=O) groups is 1. The Balaban J connectivity index is 1.26. The van der Waals surface area contributed by atoms with Gasteiger partial charge in [-0.25, -0.2) is 9.78 Å². The second-order valence-corrected chi connectivity index (χ2v) is 10.7. The van der Waals surface area contributed by atoms with Crippen LogP contribution in [0.2, 0.25) is 5.02 Å². The topological polar surface area (TPSA) is 82.2 Å². The highest BCUT2D eigenvalue weighted by atomic mass is 35.5. The first kappa shape index (κ1) is 26.0. The first-order chi connectivity index (χ1) is 18.0. The third-order valence-corrected chi connectivity index (χ3v) is 7.87. The van der Waals surface area contributed by atoms with Crippen molar-refractivity contribution in [2.75, 3.05) is 81.7 Å². The Kier molecular flexibility index (Phi) is 8.31. The predicted molar refractivity (Wildman–Crippen MR) is 151 cm³/mol. The van der Waals surface area contributed by atoms with E-state index < -0.39 is 6.03 Å². The number of nitrogens with zero attached hydrogens (tertiary/aromatic N) is 4. The standard InChI is InChI=1S/C26H33ClN6O3S/c1-3-36-23-15-19(27)21(16-22(23)33-10-12-35-13-11-33)28-25(34)30-26-29-20-5-4-18(14-24(20)37-26)17-32-8-6-31(2)7-9-32/h4-5,14-16H,3,6-13,17H2,1-2H3,(H2,28,29,30,34). The molecule has 2 N–H and O–H groups in total. The van der Waals surface area contributed by atoms with Crippen molar-refractivity contribution in [3.8, 4) is 5.75 Å². The predicted octanol–water partition coefficient (Wildman–Crippen LogP) is 4.58. The number of thiazole rings is 1. The number of fused-ring (bicyclic) bond motifs is 1. The third-order valence-electron chi connectivity index (χ3n) is 6.62. The number of hydrogen-bond acceptors (Lipinski definition) is 8. The number of rotatable bonds is 7. The van der Waals surface area contributed by atoms with Gasteiger partial charge >= 0.3 is 6.03 Å². The normalized spacial score (nSPS) is 17.2. The number of nitrogens with one attached hydrogen (secondary N) is 2. The quantitative estimate of drug-likeness (QED) is 0.450. The van der Waals surface area contributed by atoms with Crippen LogP contribution in [0.1, 0.15) is 12.5 Å². The highest BCUT2D eigenvalue weighted by Gasteiger charge is 2.20. The van der Waals surface area contributed by atoms with E-state index in [1.807, 2.05) is 19.1 Å². The molecule has 1 aromatic heterocycles. The summed E-state index contributed by atoms with van der Waals surface area (Å²) < 4.78 is 12.3. The Labute approximate surface area is 226 Å². The van der Waals surface area contributed by atoms with Crippen molar-refractivity contribution in [2.45, 2.75) is 13.5 Å². The van der Waals surface area contributed by atoms with E-state index in [0.717, 1.165) is 61.7 Å². The van der Waals surface area contributed by atoms with E-state index >= 15 is 0 Å². The number of ether oxygens (including phenoxy) is 2. The number of aromatic nitrogens is 1. The molecular weight excluding hydrogens is 512 g/mol. The van der Waals surface area contributed by atoms with Gasteiger partial charge in [-0.05, 0) is 37.7 Å². The van der Waals surface area contributed by atoms with Crippen LogP contribution in [0.25, 0.3) is 10.2 Å². The summed E-state index contributed by atoms with van der Waals surface area (Å²) in [5.41, 5.74) is 3.53. The molecule has 3 heterocycles. The molecule has 0 saturated carbocycles. The molecule has 0 bridgehead atoms. The molecule has 5 rings (SSSR count). The maximum absolute atomic E-state index is 12.9. The van der Waals surface area contributed by atoms with Crippen LogP contribution in [0.3, 0.4) is 0 Å². The number of hydrogen-bond donors (Lipinski definition) is 2. The number of benzene rings is 2. The summed E-state index contributed by atoms with van der Waals surface area (Å²) >= 11 is 7.97. The molecule has 2 saturated heterocycles. The van der Waals surface area contributed by atoms with Crippen molar-refractivity contribution < 1.29 is 14.3 Å². The summed E-state index contributed by atoms with van der Waals surface area (Å²) in [6.45, 7) is 10.5. The molecule has 0 aliphatic carbocycles. The summed E-state index contributed by atoms with van der Waals surface area (Å²) in [5.74, 6) is 0.693. The van der Waals surface area contributed by atoms with Crippen molar-refractivity contribution >= 4 is 55.7 Å². The number of urea groups is 1. The van der Waals surface area contributed by atoms with Gasteiger partial charge in [-0.1, -0.05) is 29.0 Å². The molecule has 0 unspecified atom stereocenters. The number of halogens is 1. The number of anilines is 3. The fraction of sp³-hybridized carbons (Fsp3) is 0.462. The summed E-state index contributed by atoms with van der Waals surface area (Å²) in [6.07, 6.45) is 0. The van der Waals surface area contributed by atoms with Crippen molar-refractivity contribution in [3.63, 3.8) is 0 Å². The zero-order valence-electron chi connectivity index (χ0n) is 21.3. The van der Waals surface area contributed by atoms with E-state index in [1.54, 1.807) is 6.07 Å². The van der Waals surface area contributed by atoms with Gasteiger partial charge in [0.25, 0.3) is 0 Å². The van der Waals surface area contributed by atoms with Gasteiger partial charge in [-0.3, -0.25) is 10.2 Å². The molecule has 2 amide bonds. The Hall–Kier alpha value is -2.63. The molecule has 0 spiro atoms. The molecule has 9 nitrogen and oxygen atoms in total. The van der Waals surface area contributed by atoms with E-state index in [2.05, 4.69) is 49.5 Å². The van der Waals surface area contributed by atoms with Gasteiger partial charge in [0.1, 0.15) is 5.75 Å². The zero-order chi connectivity index (χ0) is 25.8. The molecule has 0 atom stereocenters. The van der Waals surface area contributed by atoms with E-state index in [-0.39, 0.29) is 0 Å².